The molecule has 0 atom stereocenters. The molecule has 7 nitrogen and oxygen atoms in total. The van der Waals surface area contributed by atoms with Crippen LogP contribution < -0.4 is 10.6 Å². The number of carbonyl (C=O) groups excluding carboxylic acids is 2. The Morgan fingerprint density at radius 1 is 0.743 bits per heavy atom. The predicted molar refractivity (Wildman–Crippen MR) is 138 cm³/mol. The van der Waals surface area contributed by atoms with Crippen LogP contribution in [-0.4, -0.2) is 65.0 Å². The van der Waals surface area contributed by atoms with Crippen molar-refractivity contribution in [3.63, 3.8) is 0 Å². The average Bonchev–Trinajstić information content (AvgIpc) is 3.16. The number of hydrogen-bond acceptors (Lipinski definition) is 5. The van der Waals surface area contributed by atoms with E-state index in [1.165, 1.54) is 0 Å². The molecule has 0 saturated heterocycles. The van der Waals surface area contributed by atoms with Crippen molar-refractivity contribution in [1.29, 1.82) is 0 Å². The SMILES string of the molecule is C=C1c2cc(C(=O)NCCOCCCC)ccc2-c2ccc(C(=O)NCCOCCCOC)cc21. The molecule has 0 spiro atoms. The van der Waals surface area contributed by atoms with E-state index < -0.39 is 0 Å². The lowest BCUT2D eigenvalue weighted by atomic mass is 10.0. The van der Waals surface area contributed by atoms with Crippen LogP contribution in [0.3, 0.4) is 0 Å². The topological polar surface area (TPSA) is 85.9 Å². The number of methoxy groups -OCH3 is 1. The van der Waals surface area contributed by atoms with Crippen molar-refractivity contribution in [3.05, 3.63) is 65.2 Å². The van der Waals surface area contributed by atoms with Gasteiger partial charge in [0.05, 0.1) is 13.2 Å². The molecule has 1 aliphatic carbocycles. The molecular weight excluding hydrogens is 444 g/mol. The molecule has 1 aliphatic rings. The van der Waals surface area contributed by atoms with Crippen LogP contribution in [0.4, 0.5) is 0 Å². The fraction of sp³-hybridized carbons (Fsp3) is 0.429. The molecule has 2 aromatic carbocycles. The number of unbranched alkanes of at least 4 members (excludes halogenated alkanes) is 1. The van der Waals surface area contributed by atoms with Crippen LogP contribution in [-0.2, 0) is 14.2 Å². The molecule has 0 radical (unpaired) electrons. The third-order valence-corrected chi connectivity index (χ3v) is 5.85. The number of amides is 2. The van der Waals surface area contributed by atoms with E-state index in [-0.39, 0.29) is 11.8 Å². The van der Waals surface area contributed by atoms with Gasteiger partial charge in [-0.05, 0) is 64.9 Å². The highest BCUT2D eigenvalue weighted by atomic mass is 16.5. The van der Waals surface area contributed by atoms with Gasteiger partial charge in [0.1, 0.15) is 0 Å². The van der Waals surface area contributed by atoms with Gasteiger partial charge in [0.2, 0.25) is 0 Å². The lowest BCUT2D eigenvalue weighted by Crippen LogP contribution is -2.27. The predicted octanol–water partition coefficient (Wildman–Crippen LogP) is 4.06. The highest BCUT2D eigenvalue weighted by Crippen LogP contribution is 2.44. The fourth-order valence-electron chi connectivity index (χ4n) is 3.92. The van der Waals surface area contributed by atoms with Crippen molar-refractivity contribution >= 4 is 17.4 Å². The highest BCUT2D eigenvalue weighted by Gasteiger charge is 2.24. The molecule has 0 aromatic heterocycles. The molecule has 2 N–H and O–H groups in total. The van der Waals surface area contributed by atoms with Crippen molar-refractivity contribution in [3.8, 4) is 11.1 Å². The molecule has 0 bridgehead atoms. The highest BCUT2D eigenvalue weighted by molar-refractivity contribution is 6.05. The van der Waals surface area contributed by atoms with Gasteiger partial charge in [0.15, 0.2) is 0 Å². The van der Waals surface area contributed by atoms with Crippen molar-refractivity contribution in [1.82, 2.24) is 10.6 Å². The zero-order chi connectivity index (χ0) is 25.0. The number of benzene rings is 2. The van der Waals surface area contributed by atoms with Gasteiger partial charge in [-0.2, -0.15) is 0 Å². The summed E-state index contributed by atoms with van der Waals surface area (Å²) in [5, 5.41) is 5.79. The number of ether oxygens (including phenoxy) is 3. The summed E-state index contributed by atoms with van der Waals surface area (Å²) < 4.78 is 16.0. The van der Waals surface area contributed by atoms with Gasteiger partial charge in [-0.25, -0.2) is 0 Å². The average molecular weight is 481 g/mol. The van der Waals surface area contributed by atoms with Crippen molar-refractivity contribution in [2.75, 3.05) is 53.2 Å². The van der Waals surface area contributed by atoms with E-state index in [4.69, 9.17) is 14.2 Å². The smallest absolute Gasteiger partial charge is 0.251 e. The molecule has 188 valence electrons. The summed E-state index contributed by atoms with van der Waals surface area (Å²) in [6, 6.07) is 11.2. The second-order valence-electron chi connectivity index (χ2n) is 8.44. The van der Waals surface area contributed by atoms with E-state index in [2.05, 4.69) is 24.1 Å². The largest absolute Gasteiger partial charge is 0.385 e. The molecule has 3 rings (SSSR count). The summed E-state index contributed by atoms with van der Waals surface area (Å²) >= 11 is 0. The molecule has 0 saturated carbocycles. The van der Waals surface area contributed by atoms with Crippen LogP contribution in [0.1, 0.15) is 58.0 Å². The molecule has 35 heavy (non-hydrogen) atoms. The maximum Gasteiger partial charge on any atom is 0.251 e. The Bertz CT molecular complexity index is 1030. The molecule has 0 heterocycles. The van der Waals surface area contributed by atoms with Gasteiger partial charge in [-0.3, -0.25) is 9.59 Å². The van der Waals surface area contributed by atoms with E-state index in [9.17, 15) is 9.59 Å². The minimum absolute atomic E-state index is 0.139. The number of nitrogens with one attached hydrogen (secondary N) is 2. The minimum Gasteiger partial charge on any atom is -0.385 e. The summed E-state index contributed by atoms with van der Waals surface area (Å²) in [5.74, 6) is -0.293. The summed E-state index contributed by atoms with van der Waals surface area (Å²) in [6.07, 6.45) is 2.94. The zero-order valence-corrected chi connectivity index (χ0v) is 20.8. The van der Waals surface area contributed by atoms with Gasteiger partial charge in [-0.15, -0.1) is 0 Å². The van der Waals surface area contributed by atoms with E-state index in [0.29, 0.717) is 57.3 Å². The van der Waals surface area contributed by atoms with E-state index in [1.54, 1.807) is 7.11 Å². The number of rotatable bonds is 15. The lowest BCUT2D eigenvalue weighted by molar-refractivity contribution is 0.0877. The van der Waals surface area contributed by atoms with E-state index >= 15 is 0 Å². The van der Waals surface area contributed by atoms with Gasteiger partial charge in [0.25, 0.3) is 11.8 Å². The Hall–Kier alpha value is -3.00. The number of carbonyl (C=O) groups is 2. The quantitative estimate of drug-likeness (QED) is 0.321. The maximum absolute atomic E-state index is 12.6. The van der Waals surface area contributed by atoms with E-state index in [0.717, 1.165) is 47.1 Å². The van der Waals surface area contributed by atoms with Crippen LogP contribution in [0.25, 0.3) is 16.7 Å². The second kappa shape index (κ2) is 13.8. The summed E-state index contributed by atoms with van der Waals surface area (Å²) in [6.45, 7) is 10.2. The van der Waals surface area contributed by atoms with Gasteiger partial charge < -0.3 is 24.8 Å². The summed E-state index contributed by atoms with van der Waals surface area (Å²) in [7, 11) is 1.66. The third-order valence-electron chi connectivity index (χ3n) is 5.85. The number of hydrogen-bond donors (Lipinski definition) is 2. The Balaban J connectivity index is 1.56. The fourth-order valence-corrected chi connectivity index (χ4v) is 3.92. The van der Waals surface area contributed by atoms with Gasteiger partial charge in [0, 0.05) is 51.1 Å². The van der Waals surface area contributed by atoms with Crippen LogP contribution >= 0.6 is 0 Å². The van der Waals surface area contributed by atoms with Crippen LogP contribution in [0.15, 0.2) is 43.0 Å². The third kappa shape index (κ3) is 7.24. The minimum atomic E-state index is -0.154. The Morgan fingerprint density at radius 2 is 1.26 bits per heavy atom. The van der Waals surface area contributed by atoms with Crippen LogP contribution in [0.2, 0.25) is 0 Å². The van der Waals surface area contributed by atoms with E-state index in [1.807, 2.05) is 36.4 Å². The maximum atomic E-state index is 12.6. The van der Waals surface area contributed by atoms with Crippen LogP contribution in [0, 0.1) is 0 Å². The molecule has 0 unspecified atom stereocenters. The second-order valence-corrected chi connectivity index (χ2v) is 8.44. The molecule has 2 aromatic rings. The summed E-state index contributed by atoms with van der Waals surface area (Å²) in [4.78, 5) is 25.2. The first-order valence-electron chi connectivity index (χ1n) is 12.3. The first-order valence-corrected chi connectivity index (χ1v) is 12.3. The molecular formula is C28H36N2O5. The van der Waals surface area contributed by atoms with Gasteiger partial charge >= 0.3 is 0 Å². The van der Waals surface area contributed by atoms with Crippen LogP contribution in [0.5, 0.6) is 0 Å². The monoisotopic (exact) mass is 480 g/mol. The first kappa shape index (κ1) is 26.6. The zero-order valence-electron chi connectivity index (χ0n) is 20.8. The van der Waals surface area contributed by atoms with Gasteiger partial charge in [-0.1, -0.05) is 32.1 Å². The van der Waals surface area contributed by atoms with Crippen molar-refractivity contribution in [2.45, 2.75) is 26.2 Å². The standard InChI is InChI=1S/C28H36N2O5/c1-4-5-14-34-16-11-29-27(31)21-7-9-23-24-10-8-22(19-26(24)20(2)25(23)18-21)28(32)30-12-17-35-15-6-13-33-3/h7-10,18-19H,2,4-6,11-17H2,1,3H3,(H,29,31)(H,30,32). The molecule has 2 amide bonds. The number of fused-ring (bicyclic) bond motifs is 3. The summed E-state index contributed by atoms with van der Waals surface area (Å²) in [5.41, 5.74) is 5.80. The Morgan fingerprint density at radius 3 is 1.74 bits per heavy atom. The lowest BCUT2D eigenvalue weighted by Gasteiger charge is -2.08. The molecule has 0 fully saturated rings. The molecule has 0 aliphatic heterocycles. The Labute approximate surface area is 207 Å². The Kier molecular flexibility index (Phi) is 10.5. The van der Waals surface area contributed by atoms with Crippen molar-refractivity contribution < 1.29 is 23.8 Å². The normalized spacial score (nSPS) is 11.8. The molecule has 7 heteroatoms. The first-order chi connectivity index (χ1) is 17.1. The van der Waals surface area contributed by atoms with Crippen molar-refractivity contribution in [2.24, 2.45) is 0 Å².